The van der Waals surface area contributed by atoms with Gasteiger partial charge < -0.3 is 0 Å². The highest BCUT2D eigenvalue weighted by Gasteiger charge is 2.21. The van der Waals surface area contributed by atoms with Crippen LogP contribution in [0.4, 0.5) is 0 Å². The Bertz CT molecular complexity index is 401. The third kappa shape index (κ3) is 2.22. The summed E-state index contributed by atoms with van der Waals surface area (Å²) in [5.41, 5.74) is -0.407. The standard InChI is InChI=1S/C5H11N5O2S/c1-5(2,3)10-8-4(7-9-10)13(6,11)12/h1-3H3,(H2,6,11,12). The number of primary sulfonamides is 1. The van der Waals surface area contributed by atoms with E-state index in [0.717, 1.165) is 0 Å². The van der Waals surface area contributed by atoms with Crippen molar-refractivity contribution in [2.75, 3.05) is 0 Å². The zero-order valence-corrected chi connectivity index (χ0v) is 8.41. The molecule has 0 aliphatic carbocycles. The second-order valence-electron chi connectivity index (χ2n) is 3.58. The van der Waals surface area contributed by atoms with Crippen LogP contribution in [-0.2, 0) is 15.6 Å². The number of aromatic nitrogens is 4. The normalized spacial score (nSPS) is 13.2. The van der Waals surface area contributed by atoms with E-state index >= 15 is 0 Å². The van der Waals surface area contributed by atoms with Gasteiger partial charge in [-0.25, -0.2) is 13.6 Å². The lowest BCUT2D eigenvalue weighted by molar-refractivity contribution is 0.304. The summed E-state index contributed by atoms with van der Waals surface area (Å²) < 4.78 is 21.5. The van der Waals surface area contributed by atoms with E-state index in [9.17, 15) is 8.42 Å². The molecule has 2 N–H and O–H groups in total. The Morgan fingerprint density at radius 3 is 2.15 bits per heavy atom. The minimum absolute atomic E-state index is 0.407. The third-order valence-corrected chi connectivity index (χ3v) is 1.92. The van der Waals surface area contributed by atoms with Gasteiger partial charge in [0.25, 0.3) is 10.0 Å². The highest BCUT2D eigenvalue weighted by atomic mass is 32.2. The van der Waals surface area contributed by atoms with Crippen molar-refractivity contribution in [2.45, 2.75) is 31.5 Å². The van der Waals surface area contributed by atoms with E-state index < -0.39 is 20.7 Å². The summed E-state index contributed by atoms with van der Waals surface area (Å²) in [4.78, 5) is 1.20. The van der Waals surface area contributed by atoms with Crippen molar-refractivity contribution >= 4 is 10.0 Å². The summed E-state index contributed by atoms with van der Waals surface area (Å²) in [5, 5.41) is 14.9. The summed E-state index contributed by atoms with van der Waals surface area (Å²) in [6.07, 6.45) is 0. The van der Waals surface area contributed by atoms with E-state index in [1.807, 2.05) is 20.8 Å². The van der Waals surface area contributed by atoms with Crippen LogP contribution in [0.3, 0.4) is 0 Å². The van der Waals surface area contributed by atoms with Crippen LogP contribution in [0.2, 0.25) is 0 Å². The molecule has 0 radical (unpaired) electrons. The number of nitrogens with two attached hydrogens (primary N) is 1. The fourth-order valence-electron chi connectivity index (χ4n) is 0.600. The Balaban J connectivity index is 3.16. The van der Waals surface area contributed by atoms with Gasteiger partial charge in [0.2, 0.25) is 0 Å². The second kappa shape index (κ2) is 2.74. The van der Waals surface area contributed by atoms with Crippen LogP contribution in [0.1, 0.15) is 20.8 Å². The molecule has 13 heavy (non-hydrogen) atoms. The van der Waals surface area contributed by atoms with Gasteiger partial charge >= 0.3 is 5.16 Å². The van der Waals surface area contributed by atoms with Crippen molar-refractivity contribution in [3.63, 3.8) is 0 Å². The molecule has 0 atom stereocenters. The van der Waals surface area contributed by atoms with Gasteiger partial charge in [-0.3, -0.25) is 0 Å². The van der Waals surface area contributed by atoms with E-state index in [1.54, 1.807) is 0 Å². The Hall–Kier alpha value is -1.02. The quantitative estimate of drug-likeness (QED) is 0.638. The maximum Gasteiger partial charge on any atom is 0.303 e. The Kier molecular flexibility index (Phi) is 2.12. The van der Waals surface area contributed by atoms with Gasteiger partial charge in [0, 0.05) is 0 Å². The Morgan fingerprint density at radius 1 is 1.38 bits per heavy atom. The highest BCUT2D eigenvalue weighted by molar-refractivity contribution is 7.89. The lowest BCUT2D eigenvalue weighted by Gasteiger charge is -2.14. The van der Waals surface area contributed by atoms with Crippen molar-refractivity contribution in [3.05, 3.63) is 0 Å². The lowest BCUT2D eigenvalue weighted by atomic mass is 10.1. The lowest BCUT2D eigenvalue weighted by Crippen LogP contribution is -2.25. The predicted molar refractivity (Wildman–Crippen MR) is 44.2 cm³/mol. The monoisotopic (exact) mass is 205 g/mol. The topological polar surface area (TPSA) is 104 Å². The van der Waals surface area contributed by atoms with Gasteiger partial charge in [-0.15, -0.1) is 5.10 Å². The van der Waals surface area contributed by atoms with Crippen molar-refractivity contribution in [1.29, 1.82) is 0 Å². The number of sulfonamides is 1. The number of hydrogen-bond donors (Lipinski definition) is 1. The van der Waals surface area contributed by atoms with Gasteiger partial charge in [-0.05, 0) is 26.0 Å². The number of tetrazole rings is 1. The maximum atomic E-state index is 10.8. The van der Waals surface area contributed by atoms with E-state index in [-0.39, 0.29) is 0 Å². The largest absolute Gasteiger partial charge is 0.303 e. The first-order valence-electron chi connectivity index (χ1n) is 3.54. The predicted octanol–water partition coefficient (Wildman–Crippen LogP) is -0.924. The van der Waals surface area contributed by atoms with Crippen molar-refractivity contribution in [3.8, 4) is 0 Å². The molecular weight excluding hydrogens is 194 g/mol. The molecule has 1 rings (SSSR count). The molecule has 0 fully saturated rings. The molecule has 0 unspecified atom stereocenters. The molecule has 0 amide bonds. The summed E-state index contributed by atoms with van der Waals surface area (Å²) in [7, 11) is -3.85. The fraction of sp³-hybridized carbons (Fsp3) is 0.800. The van der Waals surface area contributed by atoms with Crippen LogP contribution >= 0.6 is 0 Å². The number of nitrogens with zero attached hydrogens (tertiary/aromatic N) is 4. The van der Waals surface area contributed by atoms with Gasteiger partial charge in [-0.1, -0.05) is 5.10 Å². The summed E-state index contributed by atoms with van der Waals surface area (Å²) in [6.45, 7) is 5.46. The van der Waals surface area contributed by atoms with Crippen LogP contribution < -0.4 is 5.14 Å². The highest BCUT2D eigenvalue weighted by Crippen LogP contribution is 2.09. The molecule has 1 heterocycles. The van der Waals surface area contributed by atoms with Crippen LogP contribution in [0.15, 0.2) is 5.16 Å². The minimum atomic E-state index is -3.85. The first kappa shape index (κ1) is 10.1. The summed E-state index contributed by atoms with van der Waals surface area (Å²) in [6, 6.07) is 0. The van der Waals surface area contributed by atoms with Gasteiger partial charge in [0.15, 0.2) is 0 Å². The van der Waals surface area contributed by atoms with Gasteiger partial charge in [0.05, 0.1) is 5.54 Å². The molecule has 1 aromatic heterocycles. The zero-order valence-electron chi connectivity index (χ0n) is 7.59. The number of hydrogen-bond acceptors (Lipinski definition) is 5. The fourth-order valence-corrected chi connectivity index (χ4v) is 0.941. The Labute approximate surface area is 76.0 Å². The molecular formula is C5H11N5O2S. The molecule has 0 aliphatic heterocycles. The molecule has 0 aromatic carbocycles. The first-order chi connectivity index (χ1) is 5.71. The smallest absolute Gasteiger partial charge is 0.222 e. The average molecular weight is 205 g/mol. The van der Waals surface area contributed by atoms with Gasteiger partial charge in [0.1, 0.15) is 0 Å². The van der Waals surface area contributed by atoms with Crippen LogP contribution in [0.25, 0.3) is 0 Å². The van der Waals surface area contributed by atoms with Crippen molar-refractivity contribution < 1.29 is 8.42 Å². The average Bonchev–Trinajstić information content (AvgIpc) is 2.28. The SMILES string of the molecule is CC(C)(C)n1nnc(S(N)(=O)=O)n1. The second-order valence-corrected chi connectivity index (χ2v) is 5.03. The van der Waals surface area contributed by atoms with E-state index in [0.29, 0.717) is 0 Å². The molecule has 8 heteroatoms. The zero-order chi connectivity index (χ0) is 10.3. The third-order valence-electron chi connectivity index (χ3n) is 1.25. The molecule has 7 nitrogen and oxygen atoms in total. The minimum Gasteiger partial charge on any atom is -0.222 e. The van der Waals surface area contributed by atoms with E-state index in [1.165, 1.54) is 4.80 Å². The van der Waals surface area contributed by atoms with Crippen molar-refractivity contribution in [1.82, 2.24) is 20.2 Å². The van der Waals surface area contributed by atoms with Crippen LogP contribution in [0.5, 0.6) is 0 Å². The molecule has 0 bridgehead atoms. The first-order valence-corrected chi connectivity index (χ1v) is 5.09. The van der Waals surface area contributed by atoms with Gasteiger partial charge in [-0.2, -0.15) is 4.80 Å². The van der Waals surface area contributed by atoms with Crippen LogP contribution in [-0.4, -0.2) is 28.6 Å². The van der Waals surface area contributed by atoms with Crippen molar-refractivity contribution in [2.24, 2.45) is 5.14 Å². The number of rotatable bonds is 1. The van der Waals surface area contributed by atoms with Crippen LogP contribution in [0, 0.1) is 0 Å². The molecule has 0 saturated heterocycles. The molecule has 0 saturated carbocycles. The molecule has 0 spiro atoms. The van der Waals surface area contributed by atoms with E-state index in [4.69, 9.17) is 5.14 Å². The molecule has 74 valence electrons. The van der Waals surface area contributed by atoms with E-state index in [2.05, 4.69) is 15.4 Å². The maximum absolute atomic E-state index is 10.8. The molecule has 0 aliphatic rings. The summed E-state index contributed by atoms with van der Waals surface area (Å²) >= 11 is 0. The molecule has 1 aromatic rings. The summed E-state index contributed by atoms with van der Waals surface area (Å²) in [5.74, 6) is 0. The Morgan fingerprint density at radius 2 is 1.92 bits per heavy atom.